The molecule has 0 aromatic carbocycles. The highest BCUT2D eigenvalue weighted by Gasteiger charge is 2.29. The van der Waals surface area contributed by atoms with E-state index in [2.05, 4.69) is 5.32 Å². The van der Waals surface area contributed by atoms with E-state index in [-0.39, 0.29) is 18.6 Å². The van der Waals surface area contributed by atoms with E-state index in [1.807, 2.05) is 48.0 Å². The number of esters is 1. The Kier molecular flexibility index (Phi) is 5.48. The number of hydrogen-bond acceptors (Lipinski definition) is 5. The number of amides is 1. The van der Waals surface area contributed by atoms with E-state index in [1.54, 1.807) is 11.3 Å². The first-order valence-electron chi connectivity index (χ1n) is 7.89. The molecule has 2 aromatic heterocycles. The smallest absolute Gasteiger partial charge is 0.340 e. The quantitative estimate of drug-likeness (QED) is 0.603. The second-order valence-electron chi connectivity index (χ2n) is 5.82. The van der Waals surface area contributed by atoms with E-state index in [4.69, 9.17) is 4.74 Å². The van der Waals surface area contributed by atoms with Gasteiger partial charge in [0.25, 0.3) is 5.91 Å². The fourth-order valence-corrected chi connectivity index (χ4v) is 3.78. The zero-order chi connectivity index (χ0) is 16.9. The highest BCUT2D eigenvalue weighted by atomic mass is 32.1. The van der Waals surface area contributed by atoms with Gasteiger partial charge in [-0.3, -0.25) is 4.79 Å². The minimum Gasteiger partial charge on any atom is -0.452 e. The van der Waals surface area contributed by atoms with Gasteiger partial charge in [-0.2, -0.15) is 0 Å². The molecule has 6 heteroatoms. The van der Waals surface area contributed by atoms with Gasteiger partial charge in [-0.05, 0) is 54.7 Å². The second kappa shape index (κ2) is 7.77. The molecule has 4 nitrogen and oxygen atoms in total. The summed E-state index contributed by atoms with van der Waals surface area (Å²) >= 11 is 3.02. The van der Waals surface area contributed by atoms with E-state index in [1.165, 1.54) is 11.3 Å². The first-order chi connectivity index (χ1) is 11.6. The molecule has 2 heterocycles. The second-order valence-corrected chi connectivity index (χ2v) is 7.75. The van der Waals surface area contributed by atoms with Crippen molar-refractivity contribution >= 4 is 46.2 Å². The van der Waals surface area contributed by atoms with E-state index >= 15 is 0 Å². The average Bonchev–Trinajstić information content (AvgIpc) is 3.06. The Balaban J connectivity index is 1.62. The Hall–Kier alpha value is -1.92. The Morgan fingerprint density at radius 2 is 2.04 bits per heavy atom. The summed E-state index contributed by atoms with van der Waals surface area (Å²) in [6.07, 6.45) is 4.13. The summed E-state index contributed by atoms with van der Waals surface area (Å²) in [5.74, 6) is -0.144. The number of nitrogens with one attached hydrogen (secondary N) is 1. The van der Waals surface area contributed by atoms with Gasteiger partial charge < -0.3 is 10.1 Å². The van der Waals surface area contributed by atoms with Crippen molar-refractivity contribution in [3.05, 3.63) is 44.8 Å². The molecule has 0 radical (unpaired) electrons. The molecule has 126 valence electrons. The van der Waals surface area contributed by atoms with Gasteiger partial charge in [0.1, 0.15) is 0 Å². The van der Waals surface area contributed by atoms with E-state index in [9.17, 15) is 9.59 Å². The molecule has 1 atom stereocenters. The van der Waals surface area contributed by atoms with Crippen LogP contribution in [-0.4, -0.2) is 24.5 Å². The van der Waals surface area contributed by atoms with E-state index < -0.39 is 5.97 Å². The van der Waals surface area contributed by atoms with E-state index in [0.717, 1.165) is 22.6 Å². The molecule has 1 saturated carbocycles. The van der Waals surface area contributed by atoms with Crippen LogP contribution >= 0.6 is 22.7 Å². The Bertz CT molecular complexity index is 716. The molecule has 24 heavy (non-hydrogen) atoms. The molecular formula is C18H19NO3S2. The third-order valence-corrected chi connectivity index (χ3v) is 5.61. The van der Waals surface area contributed by atoms with Crippen molar-refractivity contribution in [3.8, 4) is 0 Å². The molecule has 1 aliphatic carbocycles. The van der Waals surface area contributed by atoms with E-state index in [0.29, 0.717) is 11.5 Å². The Morgan fingerprint density at radius 1 is 1.29 bits per heavy atom. The summed E-state index contributed by atoms with van der Waals surface area (Å²) in [5.41, 5.74) is 0.482. The molecule has 0 bridgehead atoms. The zero-order valence-electron chi connectivity index (χ0n) is 13.4. The number of ether oxygens (including phenoxy) is 1. The summed E-state index contributed by atoms with van der Waals surface area (Å²) in [6, 6.07) is 7.78. The van der Waals surface area contributed by atoms with Gasteiger partial charge in [-0.25, -0.2) is 4.79 Å². The maximum atomic E-state index is 12.4. The fraction of sp³-hybridized carbons (Fsp3) is 0.333. The maximum Gasteiger partial charge on any atom is 0.340 e. The average molecular weight is 361 g/mol. The summed E-state index contributed by atoms with van der Waals surface area (Å²) in [4.78, 5) is 26.2. The predicted octanol–water partition coefficient (Wildman–Crippen LogP) is 3.81. The minimum atomic E-state index is -0.472. The van der Waals surface area contributed by atoms with Crippen LogP contribution in [0.5, 0.6) is 0 Å². The van der Waals surface area contributed by atoms with Crippen LogP contribution in [0.25, 0.3) is 11.6 Å². The Morgan fingerprint density at radius 3 is 2.67 bits per heavy atom. The highest BCUT2D eigenvalue weighted by molar-refractivity contribution is 7.12. The number of carbonyl (C=O) groups is 2. The van der Waals surface area contributed by atoms with Crippen molar-refractivity contribution in [1.82, 2.24) is 5.32 Å². The molecule has 1 amide bonds. The van der Waals surface area contributed by atoms with Gasteiger partial charge in [0, 0.05) is 15.8 Å². The molecular weight excluding hydrogens is 342 g/mol. The predicted molar refractivity (Wildman–Crippen MR) is 97.8 cm³/mol. The van der Waals surface area contributed by atoms with Crippen LogP contribution in [0.3, 0.4) is 0 Å². The van der Waals surface area contributed by atoms with Crippen molar-refractivity contribution in [2.45, 2.75) is 25.8 Å². The van der Waals surface area contributed by atoms with Crippen LogP contribution < -0.4 is 5.32 Å². The first-order valence-corrected chi connectivity index (χ1v) is 9.65. The summed E-state index contributed by atoms with van der Waals surface area (Å²) in [7, 11) is 0. The van der Waals surface area contributed by atoms with Gasteiger partial charge in [0.05, 0.1) is 5.57 Å². The SMILES string of the molecule is C[C@@H](NC(=O)COC(=O)/C(=C/c1cccs1)c1cccs1)C1CC1. The molecule has 0 unspecified atom stereocenters. The molecule has 0 spiro atoms. The zero-order valence-corrected chi connectivity index (χ0v) is 15.0. The molecule has 1 N–H and O–H groups in total. The molecule has 1 fully saturated rings. The van der Waals surface area contributed by atoms with Crippen molar-refractivity contribution in [2.75, 3.05) is 6.61 Å². The maximum absolute atomic E-state index is 12.4. The van der Waals surface area contributed by atoms with Gasteiger partial charge >= 0.3 is 5.97 Å². The molecule has 1 aliphatic rings. The number of hydrogen-bond donors (Lipinski definition) is 1. The van der Waals surface area contributed by atoms with Gasteiger partial charge in [0.2, 0.25) is 0 Å². The minimum absolute atomic E-state index is 0.148. The summed E-state index contributed by atoms with van der Waals surface area (Å²) in [6.45, 7) is 1.74. The lowest BCUT2D eigenvalue weighted by molar-refractivity contribution is -0.143. The topological polar surface area (TPSA) is 55.4 Å². The normalized spacial score (nSPS) is 15.8. The number of rotatable bonds is 7. The van der Waals surface area contributed by atoms with Crippen molar-refractivity contribution in [2.24, 2.45) is 5.92 Å². The Labute approximate surface area is 149 Å². The molecule has 3 rings (SSSR count). The standard InChI is InChI=1S/C18H19NO3S2/c1-12(13-6-7-13)19-17(20)11-22-18(21)15(16-5-3-9-24-16)10-14-4-2-8-23-14/h2-5,8-10,12-13H,6-7,11H2,1H3,(H,19,20)/b15-10+/t12-/m1/s1. The van der Waals surface area contributed by atoms with Crippen LogP contribution in [0, 0.1) is 5.92 Å². The first kappa shape index (κ1) is 16.9. The van der Waals surface area contributed by atoms with Gasteiger partial charge in [-0.1, -0.05) is 12.1 Å². The lowest BCUT2D eigenvalue weighted by atomic mass is 10.2. The van der Waals surface area contributed by atoms with Crippen LogP contribution in [0.2, 0.25) is 0 Å². The van der Waals surface area contributed by atoms with Crippen molar-refractivity contribution in [3.63, 3.8) is 0 Å². The fourth-order valence-electron chi connectivity index (χ4n) is 2.40. The van der Waals surface area contributed by atoms with Crippen LogP contribution in [0.1, 0.15) is 29.5 Å². The lowest BCUT2D eigenvalue weighted by Crippen LogP contribution is -2.37. The monoisotopic (exact) mass is 361 g/mol. The van der Waals surface area contributed by atoms with Crippen molar-refractivity contribution < 1.29 is 14.3 Å². The summed E-state index contributed by atoms with van der Waals surface area (Å²) in [5, 5.41) is 6.75. The number of carbonyl (C=O) groups excluding carboxylic acids is 2. The van der Waals surface area contributed by atoms with Gasteiger partial charge in [-0.15, -0.1) is 22.7 Å². The molecule has 2 aromatic rings. The largest absolute Gasteiger partial charge is 0.452 e. The van der Waals surface area contributed by atoms with Crippen LogP contribution in [0.15, 0.2) is 35.0 Å². The van der Waals surface area contributed by atoms with Gasteiger partial charge in [0.15, 0.2) is 6.61 Å². The number of thiophene rings is 2. The molecule has 0 saturated heterocycles. The highest BCUT2D eigenvalue weighted by Crippen LogP contribution is 2.32. The van der Waals surface area contributed by atoms with Crippen LogP contribution in [-0.2, 0) is 14.3 Å². The molecule has 0 aliphatic heterocycles. The third kappa shape index (κ3) is 4.55. The van der Waals surface area contributed by atoms with Crippen LogP contribution in [0.4, 0.5) is 0 Å². The third-order valence-electron chi connectivity index (χ3n) is 3.89. The lowest BCUT2D eigenvalue weighted by Gasteiger charge is -2.13. The van der Waals surface area contributed by atoms with Crippen molar-refractivity contribution in [1.29, 1.82) is 0 Å². The summed E-state index contributed by atoms with van der Waals surface area (Å²) < 4.78 is 5.23.